The molecule has 1 amide bonds. The van der Waals surface area contributed by atoms with Crippen molar-refractivity contribution in [1.29, 1.82) is 0 Å². The highest BCUT2D eigenvalue weighted by molar-refractivity contribution is 5.84. The zero-order valence-electron chi connectivity index (χ0n) is 11.8. The van der Waals surface area contributed by atoms with Crippen LogP contribution < -0.4 is 11.1 Å². The van der Waals surface area contributed by atoms with Crippen LogP contribution in [0.1, 0.15) is 45.4 Å². The first-order valence-electron chi connectivity index (χ1n) is 7.44. The van der Waals surface area contributed by atoms with E-state index < -0.39 is 5.54 Å². The molecule has 2 aliphatic rings. The number of nitrogens with two attached hydrogens (primary N) is 1. The van der Waals surface area contributed by atoms with E-state index in [9.17, 15) is 4.79 Å². The summed E-state index contributed by atoms with van der Waals surface area (Å²) in [4.78, 5) is 11.8. The van der Waals surface area contributed by atoms with Crippen molar-refractivity contribution in [1.82, 2.24) is 5.32 Å². The van der Waals surface area contributed by atoms with Crippen molar-refractivity contribution >= 4 is 5.91 Å². The maximum Gasteiger partial charge on any atom is 0.237 e. The molecule has 3 atom stereocenters. The molecule has 0 aromatic carbocycles. The number of ether oxygens (including phenoxy) is 2. The summed E-state index contributed by atoms with van der Waals surface area (Å²) in [5, 5.41) is 3.27. The van der Waals surface area contributed by atoms with E-state index >= 15 is 0 Å². The highest BCUT2D eigenvalue weighted by atomic mass is 16.5. The number of rotatable bonds is 6. The largest absolute Gasteiger partial charge is 0.376 e. The van der Waals surface area contributed by atoms with Gasteiger partial charge in [-0.15, -0.1) is 0 Å². The van der Waals surface area contributed by atoms with E-state index in [0.29, 0.717) is 13.0 Å². The highest BCUT2D eigenvalue weighted by Gasteiger charge is 2.41. The normalized spacial score (nSPS) is 35.4. The molecule has 1 saturated carbocycles. The molecule has 1 saturated heterocycles. The molecule has 0 aromatic rings. The lowest BCUT2D eigenvalue weighted by atomic mass is 9.79. The van der Waals surface area contributed by atoms with Crippen LogP contribution >= 0.6 is 0 Å². The minimum absolute atomic E-state index is 0.115. The first-order valence-corrected chi connectivity index (χ1v) is 7.44. The molecule has 1 aliphatic carbocycles. The van der Waals surface area contributed by atoms with Crippen LogP contribution in [-0.4, -0.2) is 43.4 Å². The second-order valence-corrected chi connectivity index (χ2v) is 5.66. The van der Waals surface area contributed by atoms with Crippen molar-refractivity contribution in [2.75, 3.05) is 19.8 Å². The molecule has 5 heteroatoms. The minimum atomic E-state index is -0.575. The lowest BCUT2D eigenvalue weighted by molar-refractivity contribution is -0.129. The van der Waals surface area contributed by atoms with Gasteiger partial charge in [-0.1, -0.05) is 6.92 Å². The third-order valence-corrected chi connectivity index (χ3v) is 4.23. The van der Waals surface area contributed by atoms with Gasteiger partial charge in [0.25, 0.3) is 0 Å². The summed E-state index contributed by atoms with van der Waals surface area (Å²) in [6.07, 6.45) is 6.05. The van der Waals surface area contributed by atoms with E-state index in [0.717, 1.165) is 45.3 Å². The minimum Gasteiger partial charge on any atom is -0.376 e. The molecule has 3 N–H and O–H groups in total. The zero-order valence-corrected chi connectivity index (χ0v) is 11.8. The lowest BCUT2D eigenvalue weighted by Gasteiger charge is -2.39. The zero-order chi connectivity index (χ0) is 13.7. The Kier molecular flexibility index (Phi) is 5.19. The van der Waals surface area contributed by atoms with E-state index in [-0.39, 0.29) is 18.1 Å². The monoisotopic (exact) mass is 270 g/mol. The van der Waals surface area contributed by atoms with Crippen molar-refractivity contribution in [3.8, 4) is 0 Å². The maximum atomic E-state index is 11.8. The van der Waals surface area contributed by atoms with Gasteiger partial charge in [0.05, 0.1) is 18.8 Å². The van der Waals surface area contributed by atoms with Crippen molar-refractivity contribution in [2.45, 2.75) is 63.2 Å². The van der Waals surface area contributed by atoms with E-state index in [1.54, 1.807) is 0 Å². The Morgan fingerprint density at radius 3 is 2.95 bits per heavy atom. The average molecular weight is 270 g/mol. The molecule has 2 fully saturated rings. The summed E-state index contributed by atoms with van der Waals surface area (Å²) in [5.74, 6) is -0.250. The summed E-state index contributed by atoms with van der Waals surface area (Å²) < 4.78 is 11.5. The van der Waals surface area contributed by atoms with Crippen molar-refractivity contribution in [3.05, 3.63) is 0 Å². The quantitative estimate of drug-likeness (QED) is 0.754. The Labute approximate surface area is 115 Å². The van der Waals surface area contributed by atoms with Gasteiger partial charge in [0.1, 0.15) is 5.54 Å². The Morgan fingerprint density at radius 1 is 1.47 bits per heavy atom. The average Bonchev–Trinajstić information content (AvgIpc) is 2.90. The summed E-state index contributed by atoms with van der Waals surface area (Å²) >= 11 is 0. The van der Waals surface area contributed by atoms with Gasteiger partial charge in [-0.3, -0.25) is 4.79 Å². The predicted octanol–water partition coefficient (Wildman–Crippen LogP) is 0.958. The summed E-state index contributed by atoms with van der Waals surface area (Å²) in [6.45, 7) is 4.25. The number of carbonyl (C=O) groups excluding carboxylic acids is 1. The number of amides is 1. The van der Waals surface area contributed by atoms with Gasteiger partial charge < -0.3 is 20.5 Å². The Balaban J connectivity index is 1.85. The fourth-order valence-corrected chi connectivity index (χ4v) is 3.20. The number of nitrogens with one attached hydrogen (secondary N) is 1. The third kappa shape index (κ3) is 3.68. The number of primary amides is 1. The first-order chi connectivity index (χ1) is 9.16. The van der Waals surface area contributed by atoms with Gasteiger partial charge in [-0.25, -0.2) is 0 Å². The molecule has 0 aromatic heterocycles. The standard InChI is InChI=1S/C14H26N2O3/c1-2-16-14(13(15)17)7-3-5-11(9-14)19-10-12-6-4-8-18-12/h11-12,16H,2-10H2,1H3,(H2,15,17). The maximum absolute atomic E-state index is 11.8. The molecule has 0 radical (unpaired) electrons. The molecule has 1 aliphatic heterocycles. The van der Waals surface area contributed by atoms with E-state index in [1.807, 2.05) is 6.92 Å². The van der Waals surface area contributed by atoms with Crippen LogP contribution in [0.25, 0.3) is 0 Å². The second-order valence-electron chi connectivity index (χ2n) is 5.66. The predicted molar refractivity (Wildman–Crippen MR) is 72.8 cm³/mol. The summed E-state index contributed by atoms with van der Waals surface area (Å²) in [7, 11) is 0. The van der Waals surface area contributed by atoms with Crippen LogP contribution in [0.3, 0.4) is 0 Å². The van der Waals surface area contributed by atoms with Crippen LogP contribution in [0.15, 0.2) is 0 Å². The molecular formula is C14H26N2O3. The van der Waals surface area contributed by atoms with Crippen molar-refractivity contribution < 1.29 is 14.3 Å². The van der Waals surface area contributed by atoms with E-state index in [4.69, 9.17) is 15.2 Å². The number of hydrogen-bond donors (Lipinski definition) is 2. The Morgan fingerprint density at radius 2 is 2.32 bits per heavy atom. The number of likely N-dealkylation sites (N-methyl/N-ethyl adjacent to an activating group) is 1. The molecule has 0 spiro atoms. The Bertz CT molecular complexity index is 301. The number of carbonyl (C=O) groups is 1. The molecule has 1 heterocycles. The highest BCUT2D eigenvalue weighted by Crippen LogP contribution is 2.30. The van der Waals surface area contributed by atoms with Crippen molar-refractivity contribution in [2.24, 2.45) is 5.73 Å². The van der Waals surface area contributed by atoms with Gasteiger partial charge in [-0.05, 0) is 38.6 Å². The molecule has 3 unspecified atom stereocenters. The fraction of sp³-hybridized carbons (Fsp3) is 0.929. The smallest absolute Gasteiger partial charge is 0.237 e. The van der Waals surface area contributed by atoms with Gasteiger partial charge >= 0.3 is 0 Å². The van der Waals surface area contributed by atoms with Gasteiger partial charge in [-0.2, -0.15) is 0 Å². The van der Waals surface area contributed by atoms with Gasteiger partial charge in [0, 0.05) is 13.0 Å². The van der Waals surface area contributed by atoms with E-state index in [2.05, 4.69) is 5.32 Å². The fourth-order valence-electron chi connectivity index (χ4n) is 3.20. The molecular weight excluding hydrogens is 244 g/mol. The SMILES string of the molecule is CCNC1(C(N)=O)CCCC(OCC2CCCO2)C1. The number of hydrogen-bond acceptors (Lipinski definition) is 4. The van der Waals surface area contributed by atoms with Crippen LogP contribution in [0.5, 0.6) is 0 Å². The van der Waals surface area contributed by atoms with Gasteiger partial charge in [0.15, 0.2) is 0 Å². The summed E-state index contributed by atoms with van der Waals surface area (Å²) in [5.41, 5.74) is 5.01. The molecule has 0 bridgehead atoms. The van der Waals surface area contributed by atoms with Crippen LogP contribution in [0, 0.1) is 0 Å². The van der Waals surface area contributed by atoms with Gasteiger partial charge in [0.2, 0.25) is 5.91 Å². The molecule has 110 valence electrons. The second kappa shape index (κ2) is 6.68. The van der Waals surface area contributed by atoms with Crippen LogP contribution in [0.2, 0.25) is 0 Å². The Hall–Kier alpha value is -0.650. The topological polar surface area (TPSA) is 73.6 Å². The molecule has 19 heavy (non-hydrogen) atoms. The van der Waals surface area contributed by atoms with Crippen LogP contribution in [0.4, 0.5) is 0 Å². The molecule has 5 nitrogen and oxygen atoms in total. The van der Waals surface area contributed by atoms with Crippen LogP contribution in [-0.2, 0) is 14.3 Å². The van der Waals surface area contributed by atoms with E-state index in [1.165, 1.54) is 0 Å². The summed E-state index contributed by atoms with van der Waals surface area (Å²) in [6, 6.07) is 0. The first kappa shape index (κ1) is 14.8. The molecule has 2 rings (SSSR count). The third-order valence-electron chi connectivity index (χ3n) is 4.23. The lowest BCUT2D eigenvalue weighted by Crippen LogP contribution is -2.59. The van der Waals surface area contributed by atoms with Crippen molar-refractivity contribution in [3.63, 3.8) is 0 Å².